The predicted molar refractivity (Wildman–Crippen MR) is 65.0 cm³/mol. The van der Waals surface area contributed by atoms with Gasteiger partial charge >= 0.3 is 5.97 Å². The van der Waals surface area contributed by atoms with Crippen LogP contribution in [0, 0.1) is 10.1 Å². The molecule has 1 amide bonds. The molecule has 0 fully saturated rings. The maximum Gasteiger partial charge on any atom is 0.344 e. The standard InChI is InChI=1S/C10H15N3O6/c1-3-7(6(2)13(17)18)4-8(10(11)16)12-19-5-9(14)15/h4,6H,3,5H2,1-2H3,(H2,11,16)(H,14,15). The first-order chi connectivity index (χ1) is 8.79. The van der Waals surface area contributed by atoms with Crippen LogP contribution < -0.4 is 5.73 Å². The van der Waals surface area contributed by atoms with Crippen molar-refractivity contribution in [2.75, 3.05) is 6.61 Å². The van der Waals surface area contributed by atoms with Gasteiger partial charge in [-0.05, 0) is 12.5 Å². The summed E-state index contributed by atoms with van der Waals surface area (Å²) in [6.07, 6.45) is 1.45. The minimum absolute atomic E-state index is 0.313. The Kier molecular flexibility index (Phi) is 6.79. The van der Waals surface area contributed by atoms with Gasteiger partial charge in [-0.1, -0.05) is 12.1 Å². The zero-order chi connectivity index (χ0) is 15.0. The fourth-order valence-electron chi connectivity index (χ4n) is 1.13. The van der Waals surface area contributed by atoms with Crippen molar-refractivity contribution in [1.29, 1.82) is 0 Å². The molecule has 106 valence electrons. The molecule has 1 atom stereocenters. The Labute approximate surface area is 108 Å². The number of carbonyl (C=O) groups is 2. The summed E-state index contributed by atoms with van der Waals surface area (Å²) in [7, 11) is 0. The summed E-state index contributed by atoms with van der Waals surface area (Å²) < 4.78 is 0. The van der Waals surface area contributed by atoms with Crippen molar-refractivity contribution in [1.82, 2.24) is 0 Å². The van der Waals surface area contributed by atoms with Crippen LogP contribution in [0.2, 0.25) is 0 Å². The molecule has 0 rings (SSSR count). The largest absolute Gasteiger partial charge is 0.479 e. The number of nitrogens with zero attached hydrogens (tertiary/aromatic N) is 2. The third-order valence-electron chi connectivity index (χ3n) is 2.19. The van der Waals surface area contributed by atoms with Crippen LogP contribution in [0.4, 0.5) is 0 Å². The van der Waals surface area contributed by atoms with Crippen molar-refractivity contribution in [2.24, 2.45) is 10.9 Å². The van der Waals surface area contributed by atoms with E-state index >= 15 is 0 Å². The molecule has 0 saturated heterocycles. The number of carboxylic acids is 1. The number of aliphatic carboxylic acids is 1. The SMILES string of the molecule is CCC(=CC(=NOCC(=O)O)C(N)=O)C(C)[N+](=O)[O-]. The topological polar surface area (TPSA) is 145 Å². The number of nitro groups is 1. The molecule has 0 saturated carbocycles. The summed E-state index contributed by atoms with van der Waals surface area (Å²) in [6, 6.07) is -1.01. The minimum Gasteiger partial charge on any atom is -0.479 e. The van der Waals surface area contributed by atoms with Crippen LogP contribution in [0.1, 0.15) is 20.3 Å². The average molecular weight is 273 g/mol. The van der Waals surface area contributed by atoms with Gasteiger partial charge in [0.15, 0.2) is 5.71 Å². The summed E-state index contributed by atoms with van der Waals surface area (Å²) in [5, 5.41) is 22.2. The molecule has 0 aliphatic heterocycles. The fourth-order valence-corrected chi connectivity index (χ4v) is 1.13. The van der Waals surface area contributed by atoms with E-state index < -0.39 is 29.4 Å². The smallest absolute Gasteiger partial charge is 0.344 e. The molecule has 0 aliphatic carbocycles. The van der Waals surface area contributed by atoms with Gasteiger partial charge in [-0.15, -0.1) is 0 Å². The number of hydrogen-bond acceptors (Lipinski definition) is 6. The molecule has 0 aromatic rings. The molecular formula is C10H15N3O6. The highest BCUT2D eigenvalue weighted by atomic mass is 16.6. The van der Waals surface area contributed by atoms with Crippen LogP contribution in [-0.4, -0.2) is 40.3 Å². The van der Waals surface area contributed by atoms with E-state index in [4.69, 9.17) is 10.8 Å². The van der Waals surface area contributed by atoms with Crippen LogP contribution in [0.25, 0.3) is 0 Å². The van der Waals surface area contributed by atoms with Crippen LogP contribution in [0.15, 0.2) is 16.8 Å². The van der Waals surface area contributed by atoms with E-state index in [2.05, 4.69) is 9.99 Å². The monoisotopic (exact) mass is 273 g/mol. The van der Waals surface area contributed by atoms with Gasteiger partial charge in [0.2, 0.25) is 12.6 Å². The molecule has 3 N–H and O–H groups in total. The maximum absolute atomic E-state index is 11.1. The van der Waals surface area contributed by atoms with E-state index in [1.165, 1.54) is 6.92 Å². The summed E-state index contributed by atoms with van der Waals surface area (Å²) in [5.41, 5.74) is 4.97. The molecule has 0 bridgehead atoms. The van der Waals surface area contributed by atoms with Gasteiger partial charge in [-0.25, -0.2) is 4.79 Å². The highest BCUT2D eigenvalue weighted by Crippen LogP contribution is 2.10. The highest BCUT2D eigenvalue weighted by molar-refractivity contribution is 6.42. The lowest BCUT2D eigenvalue weighted by molar-refractivity contribution is -0.507. The molecule has 0 heterocycles. The third kappa shape index (κ3) is 6.15. The van der Waals surface area contributed by atoms with Gasteiger partial charge < -0.3 is 15.7 Å². The maximum atomic E-state index is 11.1. The predicted octanol–water partition coefficient (Wildman–Crippen LogP) is -0.0695. The average Bonchev–Trinajstić information content (AvgIpc) is 2.31. The Bertz CT molecular complexity index is 429. The van der Waals surface area contributed by atoms with E-state index in [1.54, 1.807) is 6.92 Å². The summed E-state index contributed by atoms with van der Waals surface area (Å²) in [6.45, 7) is 2.28. The lowest BCUT2D eigenvalue weighted by Crippen LogP contribution is -2.25. The van der Waals surface area contributed by atoms with Gasteiger partial charge in [0.25, 0.3) is 5.91 Å². The second kappa shape index (κ2) is 7.80. The Morgan fingerprint density at radius 3 is 2.53 bits per heavy atom. The van der Waals surface area contributed by atoms with Crippen molar-refractivity contribution in [3.63, 3.8) is 0 Å². The van der Waals surface area contributed by atoms with Crippen LogP contribution >= 0.6 is 0 Å². The van der Waals surface area contributed by atoms with E-state index in [-0.39, 0.29) is 5.71 Å². The van der Waals surface area contributed by atoms with Gasteiger partial charge in [-0.2, -0.15) is 0 Å². The fraction of sp³-hybridized carbons (Fsp3) is 0.500. The summed E-state index contributed by atoms with van der Waals surface area (Å²) in [4.78, 5) is 35.8. The second-order valence-corrected chi connectivity index (χ2v) is 3.54. The van der Waals surface area contributed by atoms with Gasteiger partial charge in [0, 0.05) is 17.4 Å². The van der Waals surface area contributed by atoms with Gasteiger partial charge in [0.05, 0.1) is 0 Å². The number of carbonyl (C=O) groups excluding carboxylic acids is 1. The van der Waals surface area contributed by atoms with Gasteiger partial charge in [-0.3, -0.25) is 14.9 Å². The molecule has 0 aromatic carbocycles. The minimum atomic E-state index is -1.27. The third-order valence-corrected chi connectivity index (χ3v) is 2.19. The van der Waals surface area contributed by atoms with E-state index in [0.29, 0.717) is 12.0 Å². The zero-order valence-corrected chi connectivity index (χ0v) is 10.5. The quantitative estimate of drug-likeness (QED) is 0.359. The van der Waals surface area contributed by atoms with Crippen LogP contribution in [0.3, 0.4) is 0 Å². The second-order valence-electron chi connectivity index (χ2n) is 3.54. The van der Waals surface area contributed by atoms with E-state index in [1.807, 2.05) is 0 Å². The first-order valence-electron chi connectivity index (χ1n) is 5.35. The van der Waals surface area contributed by atoms with Crippen molar-refractivity contribution in [3.05, 3.63) is 21.8 Å². The van der Waals surface area contributed by atoms with E-state index in [0.717, 1.165) is 6.08 Å². The molecule has 0 aliphatic rings. The molecule has 9 nitrogen and oxygen atoms in total. The molecule has 0 spiro atoms. The number of amides is 1. The number of hydrogen-bond donors (Lipinski definition) is 2. The van der Waals surface area contributed by atoms with Crippen LogP contribution in [0.5, 0.6) is 0 Å². The normalized spacial score (nSPS) is 13.8. The molecular weight excluding hydrogens is 258 g/mol. The zero-order valence-electron chi connectivity index (χ0n) is 10.5. The van der Waals surface area contributed by atoms with Crippen molar-refractivity contribution in [3.8, 4) is 0 Å². The molecule has 0 radical (unpaired) electrons. The Morgan fingerprint density at radius 2 is 2.16 bits per heavy atom. The number of nitrogens with two attached hydrogens (primary N) is 1. The van der Waals surface area contributed by atoms with Crippen LogP contribution in [-0.2, 0) is 14.4 Å². The molecule has 19 heavy (non-hydrogen) atoms. The number of oxime groups is 1. The summed E-state index contributed by atoms with van der Waals surface area (Å²) >= 11 is 0. The summed E-state index contributed by atoms with van der Waals surface area (Å²) in [5.74, 6) is -2.24. The first-order valence-corrected chi connectivity index (χ1v) is 5.35. The number of carboxylic acid groups (broad SMARTS) is 1. The van der Waals surface area contributed by atoms with Crippen molar-refractivity contribution >= 4 is 17.6 Å². The molecule has 0 aromatic heterocycles. The Hall–Kier alpha value is -2.45. The Morgan fingerprint density at radius 1 is 1.58 bits per heavy atom. The molecule has 1 unspecified atom stereocenters. The van der Waals surface area contributed by atoms with Crippen molar-refractivity contribution < 1.29 is 24.5 Å². The lowest BCUT2D eigenvalue weighted by Gasteiger charge is -2.07. The van der Waals surface area contributed by atoms with Gasteiger partial charge in [0.1, 0.15) is 0 Å². The first kappa shape index (κ1) is 16.6. The highest BCUT2D eigenvalue weighted by Gasteiger charge is 2.19. The number of rotatable bonds is 8. The van der Waals surface area contributed by atoms with E-state index in [9.17, 15) is 19.7 Å². The van der Waals surface area contributed by atoms with Crippen molar-refractivity contribution in [2.45, 2.75) is 26.3 Å². The Balaban J connectivity index is 5.12. The molecule has 9 heteroatoms. The lowest BCUT2D eigenvalue weighted by atomic mass is 10.0. The number of primary amides is 1.